The quantitative estimate of drug-likeness (QED) is 0.0946. The Morgan fingerprint density at radius 1 is 1.08 bits per heavy atom. The average Bonchev–Trinajstić information content (AvgIpc) is 3.80. The van der Waals surface area contributed by atoms with Crippen molar-refractivity contribution in [3.63, 3.8) is 0 Å². The van der Waals surface area contributed by atoms with Crippen LogP contribution in [0.5, 0.6) is 0 Å². The predicted octanol–water partition coefficient (Wildman–Crippen LogP) is 7.57. The molecule has 5 aromatic rings. The number of carbonyl (C=O) groups excluding carboxylic acids is 2. The van der Waals surface area contributed by atoms with Gasteiger partial charge in [0.25, 0.3) is 5.91 Å². The number of aromatic nitrogens is 5. The second kappa shape index (κ2) is 15.7. The second-order valence-electron chi connectivity index (χ2n) is 12.5. The molecule has 2 aromatic heterocycles. The first-order valence-electron chi connectivity index (χ1n) is 15.6. The highest BCUT2D eigenvalue weighted by Crippen LogP contribution is 2.32. The van der Waals surface area contributed by atoms with Gasteiger partial charge in [0.2, 0.25) is 0 Å². The summed E-state index contributed by atoms with van der Waals surface area (Å²) in [7, 11) is 0. The first-order chi connectivity index (χ1) is 23.9. The van der Waals surface area contributed by atoms with Gasteiger partial charge in [-0.15, -0.1) is 0 Å². The minimum atomic E-state index is -2.79. The van der Waals surface area contributed by atoms with Gasteiger partial charge in [0.15, 0.2) is 11.8 Å². The van der Waals surface area contributed by atoms with E-state index in [-0.39, 0.29) is 23.5 Å². The normalized spacial score (nSPS) is 12.5. The number of nitrogens with one attached hydrogen (secondary N) is 2. The van der Waals surface area contributed by atoms with Crippen molar-refractivity contribution >= 4 is 35.2 Å². The Bertz CT molecular complexity index is 1930. The molecule has 0 unspecified atom stereocenters. The number of para-hydroxylation sites is 1. The molecule has 12 nitrogen and oxygen atoms in total. The van der Waals surface area contributed by atoms with Crippen molar-refractivity contribution in [3.05, 3.63) is 108 Å². The number of amides is 2. The van der Waals surface area contributed by atoms with Crippen molar-refractivity contribution in [2.24, 2.45) is 16.1 Å². The molecule has 1 atom stereocenters. The summed E-state index contributed by atoms with van der Waals surface area (Å²) in [6.45, 7) is 3.39. The molecule has 260 valence electrons. The third-order valence-corrected chi connectivity index (χ3v) is 7.95. The van der Waals surface area contributed by atoms with Crippen molar-refractivity contribution < 1.29 is 23.1 Å². The number of aromatic amines is 1. The van der Waals surface area contributed by atoms with Crippen molar-refractivity contribution in [1.29, 1.82) is 0 Å². The number of ether oxygens (including phenoxy) is 1. The van der Waals surface area contributed by atoms with Crippen LogP contribution < -0.4 is 11.1 Å². The highest BCUT2D eigenvalue weighted by Gasteiger charge is 2.32. The lowest BCUT2D eigenvalue weighted by Gasteiger charge is -2.31. The Hall–Kier alpha value is -5.63. The van der Waals surface area contributed by atoms with Crippen molar-refractivity contribution in [3.8, 4) is 22.5 Å². The van der Waals surface area contributed by atoms with Crippen LogP contribution in [0.2, 0.25) is 5.02 Å². The fraction of sp³-hybridized carbons (Fsp3) is 0.257. The SMILES string of the molecule is CC(C)(C)CCN=C(N)N(C(=O)c1ccc(-c2cnn(C(F)F)c2)cc1)[C@H](COC(=O)Nc1ccccc1)c1ccc(Cl)c(-c2ncn[nH]2)c1. The predicted molar refractivity (Wildman–Crippen MR) is 187 cm³/mol. The van der Waals surface area contributed by atoms with Crippen molar-refractivity contribution in [2.75, 3.05) is 18.5 Å². The van der Waals surface area contributed by atoms with Crippen molar-refractivity contribution in [2.45, 2.75) is 39.8 Å². The van der Waals surface area contributed by atoms with Gasteiger partial charge in [-0.05, 0) is 59.4 Å². The van der Waals surface area contributed by atoms with Crippen LogP contribution in [-0.2, 0) is 4.74 Å². The Labute approximate surface area is 292 Å². The van der Waals surface area contributed by atoms with E-state index >= 15 is 0 Å². The van der Waals surface area contributed by atoms with E-state index in [0.29, 0.717) is 56.4 Å². The number of nitrogens with two attached hydrogens (primary N) is 1. The number of carbonyl (C=O) groups is 2. The molecule has 0 fully saturated rings. The van der Waals surface area contributed by atoms with E-state index in [1.54, 1.807) is 66.7 Å². The molecule has 0 bridgehead atoms. The molecule has 0 aliphatic heterocycles. The van der Waals surface area contributed by atoms with Gasteiger partial charge in [0, 0.05) is 35.1 Å². The molecule has 0 aliphatic carbocycles. The third-order valence-electron chi connectivity index (χ3n) is 7.62. The van der Waals surface area contributed by atoms with E-state index in [9.17, 15) is 18.4 Å². The van der Waals surface area contributed by atoms with Gasteiger partial charge < -0.3 is 10.5 Å². The molecule has 0 aliphatic rings. The summed E-state index contributed by atoms with van der Waals surface area (Å²) in [5, 5.41) is 13.4. The van der Waals surface area contributed by atoms with Gasteiger partial charge in [-0.1, -0.05) is 68.8 Å². The number of hydrogen-bond acceptors (Lipinski definition) is 7. The molecule has 15 heteroatoms. The summed E-state index contributed by atoms with van der Waals surface area (Å²) in [5.74, 6) is -0.270. The number of rotatable bonds is 11. The smallest absolute Gasteiger partial charge is 0.411 e. The molecular formula is C35H36ClF2N9O3. The molecule has 0 saturated carbocycles. The van der Waals surface area contributed by atoms with Gasteiger partial charge in [0.1, 0.15) is 12.9 Å². The molecular weight excluding hydrogens is 668 g/mol. The lowest BCUT2D eigenvalue weighted by atomic mass is 9.92. The lowest BCUT2D eigenvalue weighted by molar-refractivity contribution is 0.0566. The summed E-state index contributed by atoms with van der Waals surface area (Å²) in [6, 6.07) is 19.1. The summed E-state index contributed by atoms with van der Waals surface area (Å²) in [5.41, 5.74) is 9.31. The summed E-state index contributed by atoms with van der Waals surface area (Å²) >= 11 is 6.55. The van der Waals surface area contributed by atoms with Crippen LogP contribution in [0.3, 0.4) is 0 Å². The number of nitrogens with zero attached hydrogens (tertiary/aromatic N) is 6. The minimum Gasteiger partial charge on any atom is -0.447 e. The minimum absolute atomic E-state index is 0.0627. The zero-order chi connectivity index (χ0) is 35.8. The number of halogens is 3. The van der Waals surface area contributed by atoms with E-state index in [0.717, 1.165) is 0 Å². The Kier molecular flexibility index (Phi) is 11.2. The van der Waals surface area contributed by atoms with Gasteiger partial charge in [0.05, 0.1) is 17.3 Å². The van der Waals surface area contributed by atoms with Crippen LogP contribution in [0.25, 0.3) is 22.5 Å². The van der Waals surface area contributed by atoms with Crippen LogP contribution in [0.4, 0.5) is 19.3 Å². The lowest BCUT2D eigenvalue weighted by Crippen LogP contribution is -2.46. The number of H-pyrrole nitrogens is 1. The Balaban J connectivity index is 1.54. The van der Waals surface area contributed by atoms with Crippen LogP contribution >= 0.6 is 11.6 Å². The first kappa shape index (κ1) is 35.7. The highest BCUT2D eigenvalue weighted by molar-refractivity contribution is 6.33. The Morgan fingerprint density at radius 2 is 1.82 bits per heavy atom. The highest BCUT2D eigenvalue weighted by atomic mass is 35.5. The topological polar surface area (TPSA) is 156 Å². The zero-order valence-electron chi connectivity index (χ0n) is 27.6. The van der Waals surface area contributed by atoms with E-state index in [4.69, 9.17) is 22.1 Å². The third kappa shape index (κ3) is 9.08. The first-order valence-corrected chi connectivity index (χ1v) is 16.0. The molecule has 50 heavy (non-hydrogen) atoms. The number of guanidine groups is 1. The maximum atomic E-state index is 14.5. The van der Waals surface area contributed by atoms with Gasteiger partial charge >= 0.3 is 12.6 Å². The summed E-state index contributed by atoms with van der Waals surface area (Å²) < 4.78 is 32.5. The summed E-state index contributed by atoms with van der Waals surface area (Å²) in [6.07, 6.45) is 3.79. The van der Waals surface area contributed by atoms with Crippen LogP contribution in [0.15, 0.2) is 96.5 Å². The van der Waals surface area contributed by atoms with Gasteiger partial charge in [-0.2, -0.15) is 19.0 Å². The van der Waals surface area contributed by atoms with Crippen LogP contribution in [0, 0.1) is 5.41 Å². The van der Waals surface area contributed by atoms with Crippen LogP contribution in [0.1, 0.15) is 55.7 Å². The second-order valence-corrected chi connectivity index (χ2v) is 12.9. The number of hydrogen-bond donors (Lipinski definition) is 3. The van der Waals surface area contributed by atoms with Gasteiger partial charge in [-0.3, -0.25) is 25.1 Å². The number of anilines is 1. The molecule has 0 saturated heterocycles. The molecule has 3 aromatic carbocycles. The Morgan fingerprint density at radius 3 is 2.46 bits per heavy atom. The standard InChI is InChI=1S/C35H36ClF2N9O3/c1-35(2,3)15-16-40-33(39)47(31(48)23-11-9-22(10-12-23)25-18-43-46(19-25)32(37)38)29(20-50-34(49)44-26-7-5-4-6-8-26)24-13-14-28(36)27(17-24)30-41-21-42-45-30/h4-14,17-19,21,29,32H,15-16,20H2,1-3H3,(H2,39,40)(H,44,49)(H,41,42,45)/t29-/m1/s1. The molecule has 2 amide bonds. The largest absolute Gasteiger partial charge is 0.447 e. The van der Waals surface area contributed by atoms with E-state index < -0.39 is 24.6 Å². The maximum Gasteiger partial charge on any atom is 0.411 e. The fourth-order valence-corrected chi connectivity index (χ4v) is 5.15. The molecule has 2 heterocycles. The number of alkyl halides is 2. The van der Waals surface area contributed by atoms with E-state index in [2.05, 4.69) is 51.4 Å². The van der Waals surface area contributed by atoms with Crippen LogP contribution in [-0.4, -0.2) is 61.0 Å². The van der Waals surface area contributed by atoms with Gasteiger partial charge in [-0.25, -0.2) is 14.5 Å². The molecule has 4 N–H and O–H groups in total. The van der Waals surface area contributed by atoms with E-state index in [1.165, 1.54) is 23.6 Å². The molecule has 0 radical (unpaired) electrons. The van der Waals surface area contributed by atoms with E-state index in [1.807, 2.05) is 6.07 Å². The van der Waals surface area contributed by atoms with Crippen molar-refractivity contribution in [1.82, 2.24) is 29.9 Å². The number of aliphatic imine (C=N–C) groups is 1. The monoisotopic (exact) mass is 703 g/mol. The number of benzene rings is 3. The average molecular weight is 704 g/mol. The molecule has 5 rings (SSSR count). The fourth-order valence-electron chi connectivity index (χ4n) is 4.94. The molecule has 0 spiro atoms. The maximum absolute atomic E-state index is 14.5. The summed E-state index contributed by atoms with van der Waals surface area (Å²) in [4.78, 5) is 37.5. The zero-order valence-corrected chi connectivity index (χ0v) is 28.3.